The largest absolute Gasteiger partial charge is 0.387 e. The van der Waals surface area contributed by atoms with Gasteiger partial charge in [-0.05, 0) is 20.8 Å². The van der Waals surface area contributed by atoms with Crippen molar-refractivity contribution in [2.45, 2.75) is 59.2 Å². The van der Waals surface area contributed by atoms with Crippen LogP contribution >= 0.6 is 0 Å². The zero-order chi connectivity index (χ0) is 17.4. The lowest BCUT2D eigenvalue weighted by atomic mass is 9.56. The summed E-state index contributed by atoms with van der Waals surface area (Å²) in [5.74, 6) is -0.0896. The van der Waals surface area contributed by atoms with E-state index >= 15 is 0 Å². The molecule has 1 aromatic rings. The highest BCUT2D eigenvalue weighted by Crippen LogP contribution is 2.50. The van der Waals surface area contributed by atoms with Gasteiger partial charge in [-0.15, -0.1) is 0 Å². The highest BCUT2D eigenvalue weighted by Gasteiger charge is 2.59. The van der Waals surface area contributed by atoms with E-state index in [4.69, 9.17) is 4.74 Å². The molecule has 1 heterocycles. The molecule has 2 rings (SSSR count). The molecule has 1 fully saturated rings. The van der Waals surface area contributed by atoms with Crippen molar-refractivity contribution in [2.75, 3.05) is 13.2 Å². The van der Waals surface area contributed by atoms with Crippen molar-refractivity contribution in [3.05, 3.63) is 17.0 Å². The molecule has 6 heteroatoms. The summed E-state index contributed by atoms with van der Waals surface area (Å²) >= 11 is 0. The Hall–Kier alpha value is -1.40. The van der Waals surface area contributed by atoms with Crippen molar-refractivity contribution >= 4 is 5.91 Å². The van der Waals surface area contributed by atoms with E-state index in [0.717, 1.165) is 17.0 Å². The molecule has 1 aliphatic rings. The fourth-order valence-electron chi connectivity index (χ4n) is 3.30. The van der Waals surface area contributed by atoms with E-state index < -0.39 is 5.60 Å². The Labute approximate surface area is 138 Å². The normalized spacial score (nSPS) is 26.0. The van der Waals surface area contributed by atoms with E-state index in [-0.39, 0.29) is 30.4 Å². The summed E-state index contributed by atoms with van der Waals surface area (Å²) in [6, 6.07) is 0. The van der Waals surface area contributed by atoms with Crippen LogP contribution in [0, 0.1) is 19.3 Å². The zero-order valence-corrected chi connectivity index (χ0v) is 15.1. The number of amides is 1. The summed E-state index contributed by atoms with van der Waals surface area (Å²) in [5.41, 5.74) is 1.55. The number of ether oxygens (including phenoxy) is 1. The number of aliphatic hydroxyl groups is 1. The third kappa shape index (κ3) is 3.15. The first kappa shape index (κ1) is 17.9. The Morgan fingerprint density at radius 3 is 2.61 bits per heavy atom. The van der Waals surface area contributed by atoms with Gasteiger partial charge in [0.25, 0.3) is 0 Å². The predicted molar refractivity (Wildman–Crippen MR) is 88.2 cm³/mol. The third-order valence-electron chi connectivity index (χ3n) is 5.47. The molecule has 1 aromatic heterocycles. The van der Waals surface area contributed by atoms with Crippen LogP contribution in [-0.2, 0) is 23.0 Å². The molecule has 0 unspecified atom stereocenters. The molecule has 0 aromatic carbocycles. The number of hydrogen-bond acceptors (Lipinski definition) is 4. The van der Waals surface area contributed by atoms with E-state index in [2.05, 4.69) is 10.4 Å². The van der Waals surface area contributed by atoms with Gasteiger partial charge in [0, 0.05) is 43.3 Å². The van der Waals surface area contributed by atoms with Crippen LogP contribution in [0.15, 0.2) is 0 Å². The Balaban J connectivity index is 1.92. The van der Waals surface area contributed by atoms with Crippen molar-refractivity contribution in [3.8, 4) is 0 Å². The minimum atomic E-state index is -0.915. The van der Waals surface area contributed by atoms with Crippen LogP contribution < -0.4 is 5.32 Å². The van der Waals surface area contributed by atoms with Crippen molar-refractivity contribution in [1.29, 1.82) is 0 Å². The number of carbonyl (C=O) groups excluding carboxylic acids is 1. The summed E-state index contributed by atoms with van der Waals surface area (Å²) in [6.07, 6.45) is 0.882. The van der Waals surface area contributed by atoms with Gasteiger partial charge >= 0.3 is 0 Å². The number of hydrogen-bond donors (Lipinski definition) is 2. The first-order chi connectivity index (χ1) is 10.6. The maximum atomic E-state index is 12.2. The third-order valence-corrected chi connectivity index (χ3v) is 5.47. The van der Waals surface area contributed by atoms with Crippen molar-refractivity contribution in [1.82, 2.24) is 15.1 Å². The fourth-order valence-corrected chi connectivity index (χ4v) is 3.30. The lowest BCUT2D eigenvalue weighted by molar-refractivity contribution is -0.238. The minimum absolute atomic E-state index is 0.0391. The Morgan fingerprint density at radius 1 is 1.48 bits per heavy atom. The molecule has 1 saturated carbocycles. The lowest BCUT2D eigenvalue weighted by Gasteiger charge is -2.57. The Morgan fingerprint density at radius 2 is 2.13 bits per heavy atom. The van der Waals surface area contributed by atoms with Gasteiger partial charge in [-0.3, -0.25) is 9.48 Å². The van der Waals surface area contributed by atoms with E-state index in [1.165, 1.54) is 0 Å². The van der Waals surface area contributed by atoms with Crippen LogP contribution in [0.25, 0.3) is 0 Å². The predicted octanol–water partition coefficient (Wildman–Crippen LogP) is 1.26. The average Bonchev–Trinajstić information content (AvgIpc) is 2.71. The molecule has 1 aliphatic carbocycles. The van der Waals surface area contributed by atoms with Crippen LogP contribution in [0.1, 0.15) is 44.1 Å². The molecular weight excluding hydrogens is 294 g/mol. The molecule has 2 atom stereocenters. The summed E-state index contributed by atoms with van der Waals surface area (Å²) in [4.78, 5) is 12.2. The topological polar surface area (TPSA) is 76.4 Å². The molecule has 0 spiro atoms. The number of nitrogens with zero attached hydrogens (tertiary/aromatic N) is 2. The highest BCUT2D eigenvalue weighted by atomic mass is 16.5. The summed E-state index contributed by atoms with van der Waals surface area (Å²) in [6.45, 7) is 10.7. The van der Waals surface area contributed by atoms with Crippen LogP contribution in [0.2, 0.25) is 0 Å². The first-order valence-electron chi connectivity index (χ1n) is 8.22. The van der Waals surface area contributed by atoms with Crippen LogP contribution in [0.5, 0.6) is 0 Å². The maximum absolute atomic E-state index is 12.2. The van der Waals surface area contributed by atoms with E-state index in [0.29, 0.717) is 13.0 Å². The molecule has 0 bridgehead atoms. The second-order valence-electron chi connectivity index (χ2n) is 7.13. The summed E-state index contributed by atoms with van der Waals surface area (Å²) < 4.78 is 7.43. The van der Waals surface area contributed by atoms with E-state index in [9.17, 15) is 9.90 Å². The van der Waals surface area contributed by atoms with Crippen molar-refractivity contribution in [2.24, 2.45) is 12.5 Å². The van der Waals surface area contributed by atoms with E-state index in [1.54, 1.807) is 4.68 Å². The minimum Gasteiger partial charge on any atom is -0.387 e. The molecule has 130 valence electrons. The van der Waals surface area contributed by atoms with Crippen molar-refractivity contribution in [3.63, 3.8) is 0 Å². The SMILES string of the molecule is CCO[C@@H]1C[C@](O)(CNC(=O)Cc2c(C)nn(C)c2C)C1(C)C. The number of rotatable bonds is 6. The van der Waals surface area contributed by atoms with Crippen molar-refractivity contribution < 1.29 is 14.6 Å². The highest BCUT2D eigenvalue weighted by molar-refractivity contribution is 5.79. The quantitative estimate of drug-likeness (QED) is 0.826. The second-order valence-corrected chi connectivity index (χ2v) is 7.13. The van der Waals surface area contributed by atoms with Gasteiger partial charge < -0.3 is 15.2 Å². The molecular formula is C17H29N3O3. The van der Waals surface area contributed by atoms with Gasteiger partial charge in [-0.1, -0.05) is 13.8 Å². The van der Waals surface area contributed by atoms with Gasteiger partial charge in [0.15, 0.2) is 0 Å². The molecule has 1 amide bonds. The number of aryl methyl sites for hydroxylation is 2. The Bertz CT molecular complexity index is 594. The van der Waals surface area contributed by atoms with Crippen LogP contribution in [-0.4, -0.2) is 45.7 Å². The first-order valence-corrected chi connectivity index (χ1v) is 8.22. The van der Waals surface area contributed by atoms with Gasteiger partial charge in [-0.2, -0.15) is 5.10 Å². The van der Waals surface area contributed by atoms with Gasteiger partial charge in [0.2, 0.25) is 5.91 Å². The molecule has 6 nitrogen and oxygen atoms in total. The number of carbonyl (C=O) groups is 1. The van der Waals surface area contributed by atoms with Crippen LogP contribution in [0.4, 0.5) is 0 Å². The molecule has 0 radical (unpaired) electrons. The molecule has 0 saturated heterocycles. The summed E-state index contributed by atoms with van der Waals surface area (Å²) in [7, 11) is 1.87. The number of nitrogens with one attached hydrogen (secondary N) is 1. The monoisotopic (exact) mass is 323 g/mol. The van der Waals surface area contributed by atoms with Crippen LogP contribution in [0.3, 0.4) is 0 Å². The van der Waals surface area contributed by atoms with Gasteiger partial charge in [-0.25, -0.2) is 0 Å². The number of aromatic nitrogens is 2. The molecule has 0 aliphatic heterocycles. The maximum Gasteiger partial charge on any atom is 0.224 e. The summed E-state index contributed by atoms with van der Waals surface area (Å²) in [5, 5.41) is 18.0. The lowest BCUT2D eigenvalue weighted by Crippen LogP contribution is -2.68. The van der Waals surface area contributed by atoms with Gasteiger partial charge in [0.1, 0.15) is 0 Å². The standard InChI is InChI=1S/C17H29N3O3/c1-7-23-14-9-17(22,16(14,4)5)10-18-15(21)8-13-11(2)19-20(6)12(13)3/h14,22H,7-10H2,1-6H3,(H,18,21)/t14-,17+/m1/s1. The second kappa shape index (κ2) is 6.24. The Kier molecular flexibility index (Phi) is 4.87. The zero-order valence-electron chi connectivity index (χ0n) is 15.1. The molecule has 2 N–H and O–H groups in total. The molecule has 23 heavy (non-hydrogen) atoms. The smallest absolute Gasteiger partial charge is 0.224 e. The fraction of sp³-hybridized carbons (Fsp3) is 0.765. The average molecular weight is 323 g/mol. The van der Waals surface area contributed by atoms with Gasteiger partial charge in [0.05, 0.1) is 23.8 Å². The van der Waals surface area contributed by atoms with E-state index in [1.807, 2.05) is 41.7 Å².